The van der Waals surface area contributed by atoms with Gasteiger partial charge in [-0.05, 0) is 54.3 Å². The molecule has 138 valence electrons. The zero-order valence-electron chi connectivity index (χ0n) is 14.6. The number of carbonyl (C=O) groups is 2. The van der Waals surface area contributed by atoms with Crippen LogP contribution in [-0.2, 0) is 9.59 Å². The lowest BCUT2D eigenvalue weighted by Crippen LogP contribution is -2.26. The molecule has 2 aromatic carbocycles. The van der Waals surface area contributed by atoms with Gasteiger partial charge in [0.1, 0.15) is 5.82 Å². The Balaban J connectivity index is 1.64. The molecule has 0 aromatic heterocycles. The van der Waals surface area contributed by atoms with Crippen molar-refractivity contribution in [1.29, 1.82) is 0 Å². The van der Waals surface area contributed by atoms with Gasteiger partial charge in [0.2, 0.25) is 11.8 Å². The van der Waals surface area contributed by atoms with Crippen LogP contribution in [0, 0.1) is 5.82 Å². The summed E-state index contributed by atoms with van der Waals surface area (Å²) in [7, 11) is 0. The van der Waals surface area contributed by atoms with Gasteiger partial charge in [0.15, 0.2) is 0 Å². The van der Waals surface area contributed by atoms with Crippen molar-refractivity contribution in [2.75, 3.05) is 11.9 Å². The second-order valence-electron chi connectivity index (χ2n) is 6.17. The van der Waals surface area contributed by atoms with Gasteiger partial charge in [0, 0.05) is 30.1 Å². The number of benzene rings is 2. The van der Waals surface area contributed by atoms with E-state index in [-0.39, 0.29) is 23.5 Å². The predicted molar refractivity (Wildman–Crippen MR) is 102 cm³/mol. The van der Waals surface area contributed by atoms with Crippen molar-refractivity contribution in [1.82, 2.24) is 5.32 Å². The Morgan fingerprint density at radius 1 is 1.04 bits per heavy atom. The molecule has 0 radical (unpaired) electrons. The summed E-state index contributed by atoms with van der Waals surface area (Å²) in [5, 5.41) is 6.20. The van der Waals surface area contributed by atoms with Gasteiger partial charge in [-0.2, -0.15) is 0 Å². The van der Waals surface area contributed by atoms with E-state index >= 15 is 0 Å². The molecule has 0 saturated carbocycles. The van der Waals surface area contributed by atoms with Crippen LogP contribution < -0.4 is 10.6 Å². The largest absolute Gasteiger partial charge is 0.356 e. The first kappa shape index (κ1) is 19.9. The zero-order valence-corrected chi connectivity index (χ0v) is 15.4. The molecule has 0 spiro atoms. The summed E-state index contributed by atoms with van der Waals surface area (Å²) >= 11 is 5.79. The lowest BCUT2D eigenvalue weighted by atomic mass is 9.97. The van der Waals surface area contributed by atoms with E-state index in [1.807, 2.05) is 6.92 Å². The van der Waals surface area contributed by atoms with Crippen molar-refractivity contribution in [2.24, 2.45) is 0 Å². The Kier molecular flexibility index (Phi) is 7.60. The molecule has 2 amide bonds. The highest BCUT2D eigenvalue weighted by atomic mass is 35.5. The average molecular weight is 377 g/mol. The van der Waals surface area contributed by atoms with Gasteiger partial charge >= 0.3 is 0 Å². The van der Waals surface area contributed by atoms with Crippen LogP contribution in [0.4, 0.5) is 10.1 Å². The number of carbonyl (C=O) groups excluding carboxylic acids is 2. The second kappa shape index (κ2) is 9.92. The van der Waals surface area contributed by atoms with E-state index in [0.29, 0.717) is 36.5 Å². The fourth-order valence-electron chi connectivity index (χ4n) is 2.49. The molecule has 1 unspecified atom stereocenters. The first-order valence-electron chi connectivity index (χ1n) is 8.51. The van der Waals surface area contributed by atoms with Crippen molar-refractivity contribution < 1.29 is 14.0 Å². The summed E-state index contributed by atoms with van der Waals surface area (Å²) in [6.07, 6.45) is 1.19. The number of anilines is 1. The van der Waals surface area contributed by atoms with Gasteiger partial charge in [-0.25, -0.2) is 4.39 Å². The molecule has 0 aliphatic carbocycles. The zero-order chi connectivity index (χ0) is 18.9. The van der Waals surface area contributed by atoms with Crippen molar-refractivity contribution >= 4 is 29.1 Å². The summed E-state index contributed by atoms with van der Waals surface area (Å²) < 4.78 is 12.9. The summed E-state index contributed by atoms with van der Waals surface area (Å²) in [6.45, 7) is 2.36. The van der Waals surface area contributed by atoms with Crippen molar-refractivity contribution in [2.45, 2.75) is 32.1 Å². The molecule has 0 aliphatic rings. The van der Waals surface area contributed by atoms with E-state index in [0.717, 1.165) is 5.56 Å². The molecule has 2 aromatic rings. The van der Waals surface area contributed by atoms with Crippen molar-refractivity contribution in [3.8, 4) is 0 Å². The minimum Gasteiger partial charge on any atom is -0.356 e. The summed E-state index contributed by atoms with van der Waals surface area (Å²) in [4.78, 5) is 23.8. The first-order chi connectivity index (χ1) is 12.4. The number of halogens is 2. The van der Waals surface area contributed by atoms with Crippen LogP contribution in [0.25, 0.3) is 0 Å². The van der Waals surface area contributed by atoms with Gasteiger partial charge in [-0.3, -0.25) is 9.59 Å². The Labute approximate surface area is 157 Å². The van der Waals surface area contributed by atoms with Gasteiger partial charge in [-0.1, -0.05) is 30.7 Å². The fraction of sp³-hybridized carbons (Fsp3) is 0.300. The lowest BCUT2D eigenvalue weighted by Gasteiger charge is -2.12. The topological polar surface area (TPSA) is 58.2 Å². The maximum atomic E-state index is 12.9. The molecule has 0 heterocycles. The number of hydrogen-bond donors (Lipinski definition) is 2. The molecule has 0 bridgehead atoms. The molecule has 1 atom stereocenters. The SMILES string of the molecule is CC(CC(=O)NCCCC(=O)Nc1ccc(Cl)cc1)c1ccc(F)cc1. The molecule has 2 N–H and O–H groups in total. The first-order valence-corrected chi connectivity index (χ1v) is 8.89. The van der Waals surface area contributed by atoms with Crippen LogP contribution in [0.5, 0.6) is 0 Å². The Hall–Kier alpha value is -2.40. The Morgan fingerprint density at radius 2 is 1.69 bits per heavy atom. The van der Waals surface area contributed by atoms with Crippen LogP contribution in [0.2, 0.25) is 5.02 Å². The highest BCUT2D eigenvalue weighted by molar-refractivity contribution is 6.30. The van der Waals surface area contributed by atoms with Crippen molar-refractivity contribution in [3.63, 3.8) is 0 Å². The van der Waals surface area contributed by atoms with E-state index in [9.17, 15) is 14.0 Å². The molecule has 0 aliphatic heterocycles. The Bertz CT molecular complexity index is 732. The molecule has 4 nitrogen and oxygen atoms in total. The highest BCUT2D eigenvalue weighted by Gasteiger charge is 2.11. The number of hydrogen-bond acceptors (Lipinski definition) is 2. The Morgan fingerprint density at radius 3 is 2.35 bits per heavy atom. The summed E-state index contributed by atoms with van der Waals surface area (Å²) in [6, 6.07) is 13.0. The second-order valence-corrected chi connectivity index (χ2v) is 6.60. The van der Waals surface area contributed by atoms with Gasteiger partial charge < -0.3 is 10.6 Å². The standard InChI is InChI=1S/C20H22ClFN2O2/c1-14(15-4-8-17(22)9-5-15)13-20(26)23-12-2-3-19(25)24-18-10-6-16(21)7-11-18/h4-11,14H,2-3,12-13H2,1H3,(H,23,26)(H,24,25). The summed E-state index contributed by atoms with van der Waals surface area (Å²) in [5.74, 6) is -0.479. The fourth-order valence-corrected chi connectivity index (χ4v) is 2.62. The molecular weight excluding hydrogens is 355 g/mol. The van der Waals surface area contributed by atoms with E-state index in [2.05, 4.69) is 10.6 Å². The predicted octanol–water partition coefficient (Wildman–Crippen LogP) is 4.51. The minimum atomic E-state index is -0.290. The molecule has 6 heteroatoms. The van der Waals surface area contributed by atoms with Crippen LogP contribution in [0.15, 0.2) is 48.5 Å². The number of amides is 2. The lowest BCUT2D eigenvalue weighted by molar-refractivity contribution is -0.121. The quantitative estimate of drug-likeness (QED) is 0.666. The number of rotatable bonds is 8. The monoisotopic (exact) mass is 376 g/mol. The molecule has 26 heavy (non-hydrogen) atoms. The molecular formula is C20H22ClFN2O2. The van der Waals surface area contributed by atoms with Crippen LogP contribution >= 0.6 is 11.6 Å². The van der Waals surface area contributed by atoms with Crippen LogP contribution in [0.3, 0.4) is 0 Å². The van der Waals surface area contributed by atoms with Gasteiger partial charge in [0.05, 0.1) is 0 Å². The average Bonchev–Trinajstić information content (AvgIpc) is 2.61. The van der Waals surface area contributed by atoms with Gasteiger partial charge in [-0.15, -0.1) is 0 Å². The smallest absolute Gasteiger partial charge is 0.224 e. The van der Waals surface area contributed by atoms with E-state index in [1.165, 1.54) is 12.1 Å². The van der Waals surface area contributed by atoms with Gasteiger partial charge in [0.25, 0.3) is 0 Å². The van der Waals surface area contributed by atoms with E-state index in [1.54, 1.807) is 36.4 Å². The third kappa shape index (κ3) is 6.84. The van der Waals surface area contributed by atoms with Crippen LogP contribution in [-0.4, -0.2) is 18.4 Å². The molecule has 0 fully saturated rings. The maximum Gasteiger partial charge on any atom is 0.224 e. The molecule has 2 rings (SSSR count). The van der Waals surface area contributed by atoms with Crippen LogP contribution in [0.1, 0.15) is 37.7 Å². The highest BCUT2D eigenvalue weighted by Crippen LogP contribution is 2.19. The normalized spacial score (nSPS) is 11.7. The van der Waals surface area contributed by atoms with E-state index < -0.39 is 0 Å². The van der Waals surface area contributed by atoms with Crippen molar-refractivity contribution in [3.05, 3.63) is 64.9 Å². The summed E-state index contributed by atoms with van der Waals surface area (Å²) in [5.41, 5.74) is 1.61. The number of nitrogens with one attached hydrogen (secondary N) is 2. The third-order valence-corrected chi connectivity index (χ3v) is 4.21. The minimum absolute atomic E-state index is 0.00352. The maximum absolute atomic E-state index is 12.9. The van der Waals surface area contributed by atoms with E-state index in [4.69, 9.17) is 11.6 Å². The molecule has 0 saturated heterocycles. The third-order valence-electron chi connectivity index (χ3n) is 3.96.